The molecule has 0 saturated heterocycles. The number of halogens is 1. The molecule has 2 rings (SSSR count). The molecule has 0 saturated carbocycles. The van der Waals surface area contributed by atoms with Crippen molar-refractivity contribution in [2.75, 3.05) is 6.61 Å². The van der Waals surface area contributed by atoms with Gasteiger partial charge in [-0.15, -0.1) is 11.3 Å². The second kappa shape index (κ2) is 5.25. The number of nitrogens with zero attached hydrogens (tertiary/aromatic N) is 2. The number of pyridine rings is 1. The molecule has 0 bridgehead atoms. The van der Waals surface area contributed by atoms with Gasteiger partial charge in [0.15, 0.2) is 5.69 Å². The van der Waals surface area contributed by atoms with Crippen LogP contribution in [-0.4, -0.2) is 22.5 Å². The van der Waals surface area contributed by atoms with Gasteiger partial charge in [0, 0.05) is 11.8 Å². The van der Waals surface area contributed by atoms with Gasteiger partial charge in [0.25, 0.3) is 0 Å². The van der Waals surface area contributed by atoms with Crippen molar-refractivity contribution in [3.63, 3.8) is 0 Å². The molecule has 17 heavy (non-hydrogen) atoms. The third-order valence-electron chi connectivity index (χ3n) is 2.04. The molecular formula is C11H9ClN2O2S. The van der Waals surface area contributed by atoms with Crippen molar-refractivity contribution in [3.8, 4) is 10.4 Å². The smallest absolute Gasteiger partial charge is 0.358 e. The van der Waals surface area contributed by atoms with Crippen molar-refractivity contribution in [3.05, 3.63) is 34.7 Å². The van der Waals surface area contributed by atoms with Gasteiger partial charge in [0.05, 0.1) is 17.0 Å². The zero-order chi connectivity index (χ0) is 12.3. The van der Waals surface area contributed by atoms with E-state index < -0.39 is 5.97 Å². The van der Waals surface area contributed by atoms with E-state index in [9.17, 15) is 4.79 Å². The molecule has 4 nitrogen and oxygen atoms in total. The highest BCUT2D eigenvalue weighted by Gasteiger charge is 2.19. The van der Waals surface area contributed by atoms with E-state index in [0.717, 1.165) is 0 Å². The van der Waals surface area contributed by atoms with Crippen LogP contribution >= 0.6 is 22.9 Å². The standard InChI is InChI=1S/C11H9ClN2O2S/c1-2-16-11(15)8-9(17-6-14-8)7-4-3-5-13-10(7)12/h3-6H,2H2,1H3. The zero-order valence-electron chi connectivity index (χ0n) is 9.01. The first-order valence-corrected chi connectivity index (χ1v) is 6.21. The fourth-order valence-corrected chi connectivity index (χ4v) is 2.41. The second-order valence-corrected chi connectivity index (χ2v) is 4.31. The Bertz CT molecular complexity index is 542. The van der Waals surface area contributed by atoms with Gasteiger partial charge in [0.2, 0.25) is 0 Å². The molecule has 0 N–H and O–H groups in total. The van der Waals surface area contributed by atoms with Gasteiger partial charge >= 0.3 is 5.97 Å². The minimum absolute atomic E-state index is 0.284. The Labute approximate surface area is 107 Å². The Hall–Kier alpha value is -1.46. The molecule has 0 radical (unpaired) electrons. The monoisotopic (exact) mass is 268 g/mol. The van der Waals surface area contributed by atoms with Gasteiger partial charge in [-0.05, 0) is 19.1 Å². The van der Waals surface area contributed by atoms with E-state index in [0.29, 0.717) is 22.2 Å². The largest absolute Gasteiger partial charge is 0.461 e. The van der Waals surface area contributed by atoms with Gasteiger partial charge in [-0.3, -0.25) is 0 Å². The highest BCUT2D eigenvalue weighted by Crippen LogP contribution is 2.32. The molecule has 0 amide bonds. The van der Waals surface area contributed by atoms with Crippen LogP contribution in [0.4, 0.5) is 0 Å². The average molecular weight is 269 g/mol. The number of aromatic nitrogens is 2. The molecule has 0 fully saturated rings. The van der Waals surface area contributed by atoms with E-state index in [1.165, 1.54) is 11.3 Å². The van der Waals surface area contributed by atoms with Crippen molar-refractivity contribution in [2.45, 2.75) is 6.92 Å². The number of rotatable bonds is 3. The van der Waals surface area contributed by atoms with Crippen LogP contribution in [-0.2, 0) is 4.74 Å². The van der Waals surface area contributed by atoms with Crippen LogP contribution in [0.1, 0.15) is 17.4 Å². The number of ether oxygens (including phenoxy) is 1. The molecule has 0 unspecified atom stereocenters. The molecular weight excluding hydrogens is 260 g/mol. The number of carbonyl (C=O) groups excluding carboxylic acids is 1. The van der Waals surface area contributed by atoms with E-state index in [1.807, 2.05) is 0 Å². The number of carbonyl (C=O) groups is 1. The number of hydrogen-bond acceptors (Lipinski definition) is 5. The summed E-state index contributed by atoms with van der Waals surface area (Å²) in [6.45, 7) is 2.07. The number of hydrogen-bond donors (Lipinski definition) is 0. The third kappa shape index (κ3) is 2.45. The van der Waals surface area contributed by atoms with Crippen LogP contribution in [0.3, 0.4) is 0 Å². The normalized spacial score (nSPS) is 10.2. The minimum atomic E-state index is -0.441. The molecule has 0 aliphatic heterocycles. The summed E-state index contributed by atoms with van der Waals surface area (Å²) in [4.78, 5) is 20.3. The molecule has 0 aliphatic rings. The molecule has 88 valence electrons. The lowest BCUT2D eigenvalue weighted by Gasteiger charge is -2.03. The number of thiazole rings is 1. The molecule has 0 atom stereocenters. The van der Waals surface area contributed by atoms with Gasteiger partial charge in [-0.25, -0.2) is 14.8 Å². The summed E-state index contributed by atoms with van der Waals surface area (Å²) in [5.74, 6) is -0.441. The van der Waals surface area contributed by atoms with Gasteiger partial charge in [0.1, 0.15) is 5.15 Å². The minimum Gasteiger partial charge on any atom is -0.461 e. The SMILES string of the molecule is CCOC(=O)c1ncsc1-c1cccnc1Cl. The van der Waals surface area contributed by atoms with Crippen molar-refractivity contribution in [1.29, 1.82) is 0 Å². The average Bonchev–Trinajstić information content (AvgIpc) is 2.79. The fraction of sp³-hybridized carbons (Fsp3) is 0.182. The molecule has 0 spiro atoms. The summed E-state index contributed by atoms with van der Waals surface area (Å²) < 4.78 is 4.93. The van der Waals surface area contributed by atoms with Crippen molar-refractivity contribution in [2.24, 2.45) is 0 Å². The van der Waals surface area contributed by atoms with E-state index in [2.05, 4.69) is 9.97 Å². The topological polar surface area (TPSA) is 52.1 Å². The first kappa shape index (κ1) is 12.0. The summed E-state index contributed by atoms with van der Waals surface area (Å²) in [5.41, 5.74) is 2.57. The lowest BCUT2D eigenvalue weighted by atomic mass is 10.2. The van der Waals surface area contributed by atoms with E-state index in [4.69, 9.17) is 16.3 Å². The van der Waals surface area contributed by atoms with E-state index in [-0.39, 0.29) is 5.69 Å². The molecule has 2 aromatic heterocycles. The predicted octanol–water partition coefficient (Wildman–Crippen LogP) is 3.04. The Morgan fingerprint density at radius 3 is 3.06 bits per heavy atom. The second-order valence-electron chi connectivity index (χ2n) is 3.09. The zero-order valence-corrected chi connectivity index (χ0v) is 10.6. The Morgan fingerprint density at radius 2 is 2.35 bits per heavy atom. The summed E-state index contributed by atoms with van der Waals surface area (Å²) in [6.07, 6.45) is 1.59. The first-order valence-electron chi connectivity index (χ1n) is 4.95. The third-order valence-corrected chi connectivity index (χ3v) is 3.20. The molecule has 2 heterocycles. The summed E-state index contributed by atoms with van der Waals surface area (Å²) >= 11 is 7.32. The maximum atomic E-state index is 11.7. The van der Waals surface area contributed by atoms with Crippen LogP contribution < -0.4 is 0 Å². The van der Waals surface area contributed by atoms with E-state index in [1.54, 1.807) is 30.8 Å². The summed E-state index contributed by atoms with van der Waals surface area (Å²) in [5, 5.41) is 0.349. The molecule has 0 aliphatic carbocycles. The van der Waals surface area contributed by atoms with E-state index >= 15 is 0 Å². The van der Waals surface area contributed by atoms with Crippen LogP contribution in [0.2, 0.25) is 5.15 Å². The quantitative estimate of drug-likeness (QED) is 0.634. The Morgan fingerprint density at radius 1 is 1.53 bits per heavy atom. The maximum Gasteiger partial charge on any atom is 0.358 e. The van der Waals surface area contributed by atoms with Crippen molar-refractivity contribution < 1.29 is 9.53 Å². The van der Waals surface area contributed by atoms with Crippen molar-refractivity contribution >= 4 is 28.9 Å². The lowest BCUT2D eigenvalue weighted by molar-refractivity contribution is 0.0521. The van der Waals surface area contributed by atoms with Crippen LogP contribution in [0.15, 0.2) is 23.8 Å². The predicted molar refractivity (Wildman–Crippen MR) is 66.3 cm³/mol. The van der Waals surface area contributed by atoms with Crippen molar-refractivity contribution in [1.82, 2.24) is 9.97 Å². The maximum absolute atomic E-state index is 11.7. The summed E-state index contributed by atoms with van der Waals surface area (Å²) in [6, 6.07) is 3.56. The Balaban J connectivity index is 2.44. The highest BCUT2D eigenvalue weighted by atomic mass is 35.5. The fourth-order valence-electron chi connectivity index (χ4n) is 1.34. The molecule has 6 heteroatoms. The van der Waals surface area contributed by atoms with Gasteiger partial charge < -0.3 is 4.74 Å². The van der Waals surface area contributed by atoms with Crippen LogP contribution in [0.5, 0.6) is 0 Å². The molecule has 2 aromatic rings. The van der Waals surface area contributed by atoms with Gasteiger partial charge in [-0.1, -0.05) is 11.6 Å². The Kier molecular flexibility index (Phi) is 3.71. The summed E-state index contributed by atoms with van der Waals surface area (Å²) in [7, 11) is 0. The highest BCUT2D eigenvalue weighted by molar-refractivity contribution is 7.13. The van der Waals surface area contributed by atoms with Crippen LogP contribution in [0.25, 0.3) is 10.4 Å². The first-order chi connectivity index (χ1) is 8.24. The lowest BCUT2D eigenvalue weighted by Crippen LogP contribution is -2.06. The molecule has 0 aromatic carbocycles. The number of esters is 1. The van der Waals surface area contributed by atoms with Gasteiger partial charge in [-0.2, -0.15) is 0 Å². The van der Waals surface area contributed by atoms with Crippen LogP contribution in [0, 0.1) is 0 Å².